The van der Waals surface area contributed by atoms with Crippen LogP contribution in [0.25, 0.3) is 5.69 Å². The highest BCUT2D eigenvalue weighted by Crippen LogP contribution is 2.25. The molecule has 0 fully saturated rings. The third kappa shape index (κ3) is 4.49. The van der Waals surface area contributed by atoms with E-state index in [1.165, 1.54) is 0 Å². The van der Waals surface area contributed by atoms with E-state index < -0.39 is 6.10 Å². The summed E-state index contributed by atoms with van der Waals surface area (Å²) in [7, 11) is 0. The third-order valence-corrected chi connectivity index (χ3v) is 4.30. The number of aryl methyl sites for hydroxylation is 2. The third-order valence-electron chi connectivity index (χ3n) is 4.05. The summed E-state index contributed by atoms with van der Waals surface area (Å²) in [6, 6.07) is 11.5. The number of benzene rings is 1. The van der Waals surface area contributed by atoms with Crippen LogP contribution in [0, 0.1) is 6.92 Å². The van der Waals surface area contributed by atoms with Crippen LogP contribution >= 0.6 is 11.6 Å². The first-order valence-electron chi connectivity index (χ1n) is 8.76. The van der Waals surface area contributed by atoms with Crippen LogP contribution in [0.1, 0.15) is 25.2 Å². The largest absolute Gasteiger partial charge is 0.462 e. The van der Waals surface area contributed by atoms with Gasteiger partial charge in [0, 0.05) is 6.54 Å². The molecule has 0 aliphatic carbocycles. The van der Waals surface area contributed by atoms with Gasteiger partial charge in [-0.1, -0.05) is 29.8 Å². The minimum absolute atomic E-state index is 0.220. The van der Waals surface area contributed by atoms with Gasteiger partial charge in [0.2, 0.25) is 0 Å². The lowest BCUT2D eigenvalue weighted by Gasteiger charge is -2.13. The fourth-order valence-corrected chi connectivity index (χ4v) is 2.86. The van der Waals surface area contributed by atoms with E-state index in [0.717, 1.165) is 23.6 Å². The van der Waals surface area contributed by atoms with Crippen molar-refractivity contribution in [1.82, 2.24) is 24.9 Å². The van der Waals surface area contributed by atoms with Crippen molar-refractivity contribution >= 4 is 17.5 Å². The molecule has 0 aliphatic rings. The van der Waals surface area contributed by atoms with Crippen LogP contribution in [-0.2, 0) is 17.9 Å². The van der Waals surface area contributed by atoms with E-state index in [1.807, 2.05) is 54.9 Å². The average Bonchev–Trinajstić information content (AvgIpc) is 3.22. The molecule has 3 rings (SSSR count). The summed E-state index contributed by atoms with van der Waals surface area (Å²) in [5.74, 6) is -0.0283. The Balaban J connectivity index is 1.62. The number of nitrogens with zero attached hydrogens (tertiary/aromatic N) is 4. The van der Waals surface area contributed by atoms with Gasteiger partial charge in [-0.25, -0.2) is 4.68 Å². The topological polar surface area (TPSA) is 74.0 Å². The molecule has 2 heterocycles. The normalized spacial score (nSPS) is 12.0. The summed E-state index contributed by atoms with van der Waals surface area (Å²) in [6.07, 6.45) is 0.917. The SMILES string of the molecule is CCn1nc(C)cc1CNC(=O)[C@H](C)Oc1nn(-c2ccccc2)cc1Cl. The Hall–Kier alpha value is -2.80. The fraction of sp³-hybridized carbons (Fsp3) is 0.316. The Bertz CT molecular complexity index is 920. The van der Waals surface area contributed by atoms with Crippen LogP contribution < -0.4 is 10.1 Å². The Labute approximate surface area is 162 Å². The lowest BCUT2D eigenvalue weighted by atomic mass is 10.3. The van der Waals surface area contributed by atoms with Gasteiger partial charge in [0.1, 0.15) is 5.02 Å². The van der Waals surface area contributed by atoms with Crippen molar-refractivity contribution < 1.29 is 9.53 Å². The van der Waals surface area contributed by atoms with Crippen LogP contribution in [0.15, 0.2) is 42.6 Å². The zero-order chi connectivity index (χ0) is 19.4. The Morgan fingerprint density at radius 2 is 2.04 bits per heavy atom. The molecule has 0 unspecified atom stereocenters. The molecule has 0 spiro atoms. The molecule has 0 saturated carbocycles. The maximum Gasteiger partial charge on any atom is 0.261 e. The van der Waals surface area contributed by atoms with Crippen LogP contribution in [0.3, 0.4) is 0 Å². The highest BCUT2D eigenvalue weighted by molar-refractivity contribution is 6.31. The first-order chi connectivity index (χ1) is 13.0. The predicted octanol–water partition coefficient (Wildman–Crippen LogP) is 3.13. The van der Waals surface area contributed by atoms with E-state index in [1.54, 1.807) is 17.8 Å². The fourth-order valence-electron chi connectivity index (χ4n) is 2.69. The number of aromatic nitrogens is 4. The van der Waals surface area contributed by atoms with Gasteiger partial charge in [0.25, 0.3) is 11.8 Å². The second-order valence-electron chi connectivity index (χ2n) is 6.13. The van der Waals surface area contributed by atoms with Gasteiger partial charge in [-0.05, 0) is 39.0 Å². The van der Waals surface area contributed by atoms with Crippen molar-refractivity contribution in [2.45, 2.75) is 40.0 Å². The van der Waals surface area contributed by atoms with Crippen molar-refractivity contribution in [3.8, 4) is 11.6 Å². The molecule has 8 heteroatoms. The Kier molecular flexibility index (Phi) is 5.81. The number of hydrogen-bond acceptors (Lipinski definition) is 4. The van der Waals surface area contributed by atoms with E-state index in [0.29, 0.717) is 11.6 Å². The number of ether oxygens (including phenoxy) is 1. The lowest BCUT2D eigenvalue weighted by Crippen LogP contribution is -2.36. The van der Waals surface area contributed by atoms with Gasteiger partial charge in [-0.15, -0.1) is 5.10 Å². The van der Waals surface area contributed by atoms with E-state index >= 15 is 0 Å². The zero-order valence-corrected chi connectivity index (χ0v) is 16.3. The number of halogens is 1. The number of nitrogens with one attached hydrogen (secondary N) is 1. The van der Waals surface area contributed by atoms with Crippen LogP contribution in [0.5, 0.6) is 5.88 Å². The first-order valence-corrected chi connectivity index (χ1v) is 9.14. The van der Waals surface area contributed by atoms with E-state index in [2.05, 4.69) is 15.5 Å². The summed E-state index contributed by atoms with van der Waals surface area (Å²) >= 11 is 6.21. The van der Waals surface area contributed by atoms with Crippen LogP contribution in [-0.4, -0.2) is 31.6 Å². The summed E-state index contributed by atoms with van der Waals surface area (Å²) in [5.41, 5.74) is 2.72. The number of carbonyl (C=O) groups excluding carboxylic acids is 1. The monoisotopic (exact) mass is 387 g/mol. The molecule has 1 N–H and O–H groups in total. The van der Waals surface area contributed by atoms with Gasteiger partial charge in [0.15, 0.2) is 6.10 Å². The minimum Gasteiger partial charge on any atom is -0.462 e. The van der Waals surface area contributed by atoms with Gasteiger partial charge >= 0.3 is 0 Å². The molecule has 1 aromatic carbocycles. The van der Waals surface area contributed by atoms with Crippen LogP contribution in [0.4, 0.5) is 0 Å². The van der Waals surface area contributed by atoms with E-state index in [9.17, 15) is 4.79 Å². The van der Waals surface area contributed by atoms with Crippen molar-refractivity contribution in [2.75, 3.05) is 0 Å². The molecular formula is C19H22ClN5O2. The highest BCUT2D eigenvalue weighted by atomic mass is 35.5. The highest BCUT2D eigenvalue weighted by Gasteiger charge is 2.19. The molecule has 3 aromatic rings. The minimum atomic E-state index is -0.735. The zero-order valence-electron chi connectivity index (χ0n) is 15.5. The molecule has 2 aromatic heterocycles. The molecule has 0 aliphatic heterocycles. The summed E-state index contributed by atoms with van der Waals surface area (Å²) in [4.78, 5) is 12.4. The molecule has 142 valence electrons. The molecule has 1 atom stereocenters. The molecule has 7 nitrogen and oxygen atoms in total. The quantitative estimate of drug-likeness (QED) is 0.675. The molecule has 0 radical (unpaired) electrons. The summed E-state index contributed by atoms with van der Waals surface area (Å²) in [5, 5.41) is 11.9. The molecule has 0 bridgehead atoms. The maximum absolute atomic E-state index is 12.4. The Morgan fingerprint density at radius 1 is 1.30 bits per heavy atom. The van der Waals surface area contributed by atoms with Crippen molar-refractivity contribution in [3.63, 3.8) is 0 Å². The van der Waals surface area contributed by atoms with Gasteiger partial charge in [-0.2, -0.15) is 5.10 Å². The van der Waals surface area contributed by atoms with Crippen molar-refractivity contribution in [1.29, 1.82) is 0 Å². The van der Waals surface area contributed by atoms with E-state index in [-0.39, 0.29) is 11.8 Å². The second kappa shape index (κ2) is 8.26. The average molecular weight is 388 g/mol. The Morgan fingerprint density at radius 3 is 2.74 bits per heavy atom. The first kappa shape index (κ1) is 19.0. The van der Waals surface area contributed by atoms with Gasteiger partial charge in [-0.3, -0.25) is 9.48 Å². The number of hydrogen-bond donors (Lipinski definition) is 1. The van der Waals surface area contributed by atoms with Crippen molar-refractivity contribution in [2.24, 2.45) is 0 Å². The van der Waals surface area contributed by atoms with Gasteiger partial charge < -0.3 is 10.1 Å². The summed E-state index contributed by atoms with van der Waals surface area (Å²) in [6.45, 7) is 6.73. The predicted molar refractivity (Wildman–Crippen MR) is 103 cm³/mol. The number of para-hydroxylation sites is 1. The van der Waals surface area contributed by atoms with E-state index in [4.69, 9.17) is 16.3 Å². The maximum atomic E-state index is 12.4. The number of amides is 1. The molecule has 1 amide bonds. The summed E-state index contributed by atoms with van der Waals surface area (Å²) < 4.78 is 9.14. The lowest BCUT2D eigenvalue weighted by molar-refractivity contribution is -0.127. The number of rotatable bonds is 7. The number of carbonyl (C=O) groups is 1. The molecular weight excluding hydrogens is 366 g/mol. The molecule has 27 heavy (non-hydrogen) atoms. The molecule has 0 saturated heterocycles. The smallest absolute Gasteiger partial charge is 0.261 e. The van der Waals surface area contributed by atoms with Crippen molar-refractivity contribution in [3.05, 3.63) is 59.0 Å². The van der Waals surface area contributed by atoms with Gasteiger partial charge in [0.05, 0.1) is 29.8 Å². The standard InChI is InChI=1S/C19H22ClN5O2/c1-4-24-16(10-13(2)22-24)11-21-18(26)14(3)27-19-17(20)12-25(23-19)15-8-6-5-7-9-15/h5-10,12,14H,4,11H2,1-3H3,(H,21,26)/t14-/m0/s1. The van der Waals surface area contributed by atoms with Crippen LogP contribution in [0.2, 0.25) is 5.02 Å². The second-order valence-corrected chi connectivity index (χ2v) is 6.54.